The third kappa shape index (κ3) is 5.76. The second kappa shape index (κ2) is 12.4. The minimum absolute atomic E-state index is 0.177. The van der Waals surface area contributed by atoms with Crippen LogP contribution in [0.2, 0.25) is 5.02 Å². The second-order valence-corrected chi connectivity index (χ2v) is 10.0. The molecule has 0 bridgehead atoms. The summed E-state index contributed by atoms with van der Waals surface area (Å²) in [6.07, 6.45) is 2.87. The molecule has 41 heavy (non-hydrogen) atoms. The van der Waals surface area contributed by atoms with Crippen LogP contribution in [0.3, 0.4) is 0 Å². The summed E-state index contributed by atoms with van der Waals surface area (Å²) in [4.78, 5) is 27.1. The zero-order valence-electron chi connectivity index (χ0n) is 23.2. The molecule has 0 fully saturated rings. The van der Waals surface area contributed by atoms with Gasteiger partial charge < -0.3 is 30.4 Å². The van der Waals surface area contributed by atoms with Crippen LogP contribution in [0, 0.1) is 0 Å². The minimum atomic E-state index is -1.75. The molecule has 0 aliphatic heterocycles. The fourth-order valence-corrected chi connectivity index (χ4v) is 5.06. The highest BCUT2D eigenvalue weighted by Crippen LogP contribution is 2.40. The van der Waals surface area contributed by atoms with Crippen molar-refractivity contribution in [1.82, 2.24) is 14.8 Å². The molecule has 0 spiro atoms. The Bertz CT molecular complexity index is 1680. The summed E-state index contributed by atoms with van der Waals surface area (Å²) in [6, 6.07) is 20.9. The number of nitrogens with zero attached hydrogens (tertiary/aromatic N) is 2. The third-order valence-electron chi connectivity index (χ3n) is 7.14. The SMILES string of the molecule is C=CN(C)/C(=C\N)C(O)(c1ccc(C(=O)NCCOC)cc1)c1ccc2c(c1)c(-c1cccc(Cl)c1)cc(=O)n2C. The second-order valence-electron chi connectivity index (χ2n) is 9.58. The van der Waals surface area contributed by atoms with Crippen LogP contribution in [0.15, 0.2) is 102 Å². The van der Waals surface area contributed by atoms with Crippen LogP contribution in [0.5, 0.6) is 0 Å². The van der Waals surface area contributed by atoms with Crippen LogP contribution < -0.4 is 16.6 Å². The lowest BCUT2D eigenvalue weighted by Crippen LogP contribution is -2.37. The van der Waals surface area contributed by atoms with Crippen molar-refractivity contribution in [3.63, 3.8) is 0 Å². The van der Waals surface area contributed by atoms with Gasteiger partial charge in [-0.15, -0.1) is 0 Å². The molecule has 9 heteroatoms. The maximum absolute atomic E-state index is 12.9. The number of amides is 1. The molecule has 212 valence electrons. The van der Waals surface area contributed by atoms with Gasteiger partial charge in [0.25, 0.3) is 11.5 Å². The van der Waals surface area contributed by atoms with Gasteiger partial charge in [0.05, 0.1) is 17.8 Å². The van der Waals surface area contributed by atoms with Gasteiger partial charge in [-0.1, -0.05) is 48.5 Å². The first-order valence-corrected chi connectivity index (χ1v) is 13.3. The van der Waals surface area contributed by atoms with E-state index in [1.807, 2.05) is 18.2 Å². The van der Waals surface area contributed by atoms with Gasteiger partial charge in [-0.25, -0.2) is 0 Å². The van der Waals surface area contributed by atoms with E-state index in [4.69, 9.17) is 22.1 Å². The van der Waals surface area contributed by atoms with E-state index in [0.29, 0.717) is 51.6 Å². The Balaban J connectivity index is 1.94. The van der Waals surface area contributed by atoms with Crippen LogP contribution in [-0.4, -0.2) is 47.8 Å². The van der Waals surface area contributed by atoms with Crippen LogP contribution in [-0.2, 0) is 17.4 Å². The number of carbonyl (C=O) groups excluding carboxylic acids is 1. The number of pyridine rings is 1. The van der Waals surface area contributed by atoms with Crippen molar-refractivity contribution < 1.29 is 14.6 Å². The van der Waals surface area contributed by atoms with Crippen LogP contribution in [0.25, 0.3) is 22.0 Å². The van der Waals surface area contributed by atoms with Crippen LogP contribution in [0.4, 0.5) is 0 Å². The molecule has 4 rings (SSSR count). The first-order chi connectivity index (χ1) is 19.6. The molecular formula is C32H33ClN4O4. The highest BCUT2D eigenvalue weighted by atomic mass is 35.5. The molecule has 8 nitrogen and oxygen atoms in total. The molecule has 0 aliphatic carbocycles. The predicted octanol–water partition coefficient (Wildman–Crippen LogP) is 4.35. The highest BCUT2D eigenvalue weighted by molar-refractivity contribution is 6.30. The molecule has 0 radical (unpaired) electrons. The average Bonchev–Trinajstić information content (AvgIpc) is 2.98. The van der Waals surface area contributed by atoms with Gasteiger partial charge in [-0.3, -0.25) is 9.59 Å². The molecule has 3 aromatic carbocycles. The lowest BCUT2D eigenvalue weighted by Gasteiger charge is -2.36. The molecule has 0 saturated heterocycles. The number of aromatic nitrogens is 1. The Labute approximate surface area is 243 Å². The molecule has 0 aliphatic rings. The van der Waals surface area contributed by atoms with Gasteiger partial charge in [0.2, 0.25) is 0 Å². The van der Waals surface area contributed by atoms with Crippen molar-refractivity contribution in [2.45, 2.75) is 5.60 Å². The molecule has 4 aromatic rings. The number of benzene rings is 3. The molecule has 1 heterocycles. The number of carbonyl (C=O) groups is 1. The summed E-state index contributed by atoms with van der Waals surface area (Å²) < 4.78 is 6.55. The maximum atomic E-state index is 12.9. The number of nitrogens with two attached hydrogens (primary N) is 1. The van der Waals surface area contributed by atoms with E-state index in [-0.39, 0.29) is 11.5 Å². The zero-order valence-corrected chi connectivity index (χ0v) is 24.0. The number of halogens is 1. The number of aryl methyl sites for hydroxylation is 1. The summed E-state index contributed by atoms with van der Waals surface area (Å²) in [6.45, 7) is 4.61. The summed E-state index contributed by atoms with van der Waals surface area (Å²) >= 11 is 6.29. The molecule has 0 saturated carbocycles. The number of ether oxygens (including phenoxy) is 1. The van der Waals surface area contributed by atoms with Gasteiger partial charge in [0, 0.05) is 56.0 Å². The fraction of sp³-hybridized carbons (Fsp3) is 0.188. The van der Waals surface area contributed by atoms with E-state index in [2.05, 4.69) is 11.9 Å². The number of aliphatic hydroxyl groups is 1. The average molecular weight is 573 g/mol. The Morgan fingerprint density at radius 1 is 1.15 bits per heavy atom. The fourth-order valence-electron chi connectivity index (χ4n) is 4.87. The molecule has 1 unspecified atom stereocenters. The summed E-state index contributed by atoms with van der Waals surface area (Å²) in [5.41, 5.74) is 8.04. The topological polar surface area (TPSA) is 110 Å². The van der Waals surface area contributed by atoms with E-state index >= 15 is 0 Å². The van der Waals surface area contributed by atoms with Crippen molar-refractivity contribution in [3.05, 3.63) is 130 Å². The van der Waals surface area contributed by atoms with Crippen molar-refractivity contribution in [1.29, 1.82) is 0 Å². The van der Waals surface area contributed by atoms with Crippen molar-refractivity contribution in [3.8, 4) is 11.1 Å². The maximum Gasteiger partial charge on any atom is 0.251 e. The first-order valence-electron chi connectivity index (χ1n) is 12.9. The summed E-state index contributed by atoms with van der Waals surface area (Å²) in [5, 5.41) is 16.6. The predicted molar refractivity (Wildman–Crippen MR) is 164 cm³/mol. The lowest BCUT2D eigenvalue weighted by atomic mass is 9.81. The number of fused-ring (bicyclic) bond motifs is 1. The van der Waals surface area contributed by atoms with Gasteiger partial charge in [-0.05, 0) is 64.9 Å². The number of likely N-dealkylation sites (N-methyl/N-ethyl adjacent to an activating group) is 1. The number of nitrogens with one attached hydrogen (secondary N) is 1. The van der Waals surface area contributed by atoms with E-state index in [9.17, 15) is 14.7 Å². The molecule has 4 N–H and O–H groups in total. The first kappa shape index (κ1) is 29.6. The quantitative estimate of drug-likeness (QED) is 0.244. The number of methoxy groups -OCH3 is 1. The number of rotatable bonds is 10. The van der Waals surface area contributed by atoms with E-state index < -0.39 is 5.60 Å². The van der Waals surface area contributed by atoms with Crippen molar-refractivity contribution in [2.75, 3.05) is 27.3 Å². The lowest BCUT2D eigenvalue weighted by molar-refractivity contribution is 0.0930. The summed E-state index contributed by atoms with van der Waals surface area (Å²) in [5.74, 6) is -0.257. The normalized spacial score (nSPS) is 13.0. The van der Waals surface area contributed by atoms with Crippen molar-refractivity contribution >= 4 is 28.4 Å². The Morgan fingerprint density at radius 3 is 2.49 bits per heavy atom. The van der Waals surface area contributed by atoms with Gasteiger partial charge >= 0.3 is 0 Å². The van der Waals surface area contributed by atoms with Crippen LogP contribution >= 0.6 is 11.6 Å². The number of hydrogen-bond acceptors (Lipinski definition) is 6. The minimum Gasteiger partial charge on any atom is -0.403 e. The Morgan fingerprint density at radius 2 is 1.85 bits per heavy atom. The van der Waals surface area contributed by atoms with Crippen molar-refractivity contribution in [2.24, 2.45) is 12.8 Å². The zero-order chi connectivity index (χ0) is 29.7. The van der Waals surface area contributed by atoms with Crippen LogP contribution in [0.1, 0.15) is 21.5 Å². The third-order valence-corrected chi connectivity index (χ3v) is 7.37. The molecule has 1 aromatic heterocycles. The van der Waals surface area contributed by atoms with E-state index in [0.717, 1.165) is 10.9 Å². The van der Waals surface area contributed by atoms with Gasteiger partial charge in [0.15, 0.2) is 5.60 Å². The molecular weight excluding hydrogens is 540 g/mol. The largest absolute Gasteiger partial charge is 0.403 e. The monoisotopic (exact) mass is 572 g/mol. The van der Waals surface area contributed by atoms with Gasteiger partial charge in [-0.2, -0.15) is 0 Å². The molecule has 1 amide bonds. The summed E-state index contributed by atoms with van der Waals surface area (Å²) in [7, 11) is 5.00. The number of hydrogen-bond donors (Lipinski definition) is 3. The van der Waals surface area contributed by atoms with Gasteiger partial charge in [0.1, 0.15) is 0 Å². The smallest absolute Gasteiger partial charge is 0.251 e. The highest BCUT2D eigenvalue weighted by Gasteiger charge is 2.38. The molecule has 1 atom stereocenters. The standard InChI is InChI=1S/C32H33ClN4O4/c1-5-36(2)29(20-34)32(40,23-11-9-21(10-12-23)31(39)35-15-16-41-4)24-13-14-28-27(18-24)26(19-30(38)37(28)3)22-7-6-8-25(33)17-22/h5-14,17-20,40H,1,15-16,34H2,2-4H3,(H,35,39)/b29-20-. The Kier molecular flexibility index (Phi) is 8.98. The van der Waals surface area contributed by atoms with E-state index in [1.165, 1.54) is 6.20 Å². The Hall–Kier alpha value is -4.37. The van der Waals surface area contributed by atoms with E-state index in [1.54, 1.807) is 91.5 Å².